The number of hydrogen-bond donors (Lipinski definition) is 1. The first-order valence-corrected chi connectivity index (χ1v) is 13.5. The number of sulfonamides is 2. The monoisotopic (exact) mass is 477 g/mol. The summed E-state index contributed by atoms with van der Waals surface area (Å²) < 4.78 is 53.7. The van der Waals surface area contributed by atoms with E-state index in [1.807, 2.05) is 0 Å². The van der Waals surface area contributed by atoms with E-state index in [0.717, 1.165) is 18.4 Å². The summed E-state index contributed by atoms with van der Waals surface area (Å²) in [5, 5.41) is 0. The molecule has 172 valence electrons. The van der Waals surface area contributed by atoms with Gasteiger partial charge < -0.3 is 4.90 Å². The summed E-state index contributed by atoms with van der Waals surface area (Å²) in [7, 11) is -5.77. The minimum Gasteiger partial charge on any atom is -0.308 e. The highest BCUT2D eigenvalue weighted by atomic mass is 32.2. The summed E-state index contributed by atoms with van der Waals surface area (Å²) in [6.07, 6.45) is 2.25. The van der Waals surface area contributed by atoms with Gasteiger partial charge in [-0.1, -0.05) is 6.92 Å². The number of piperidine rings is 1. The first-order valence-electron chi connectivity index (χ1n) is 10.6. The van der Waals surface area contributed by atoms with Crippen LogP contribution in [0.1, 0.15) is 35.7 Å². The first-order chi connectivity index (χ1) is 15.1. The zero-order valence-electron chi connectivity index (χ0n) is 18.1. The van der Waals surface area contributed by atoms with Gasteiger partial charge in [0.1, 0.15) is 0 Å². The summed E-state index contributed by atoms with van der Waals surface area (Å²) in [6.45, 7) is 3.59. The van der Waals surface area contributed by atoms with Crippen LogP contribution in [0.5, 0.6) is 0 Å². The van der Waals surface area contributed by atoms with Crippen LogP contribution >= 0.6 is 0 Å². The van der Waals surface area contributed by atoms with Gasteiger partial charge >= 0.3 is 0 Å². The van der Waals surface area contributed by atoms with E-state index >= 15 is 0 Å². The van der Waals surface area contributed by atoms with Crippen LogP contribution in [0.25, 0.3) is 0 Å². The van der Waals surface area contributed by atoms with Gasteiger partial charge in [0, 0.05) is 30.9 Å². The van der Waals surface area contributed by atoms with Crippen LogP contribution in [0.15, 0.2) is 52.3 Å². The largest absolute Gasteiger partial charge is 0.308 e. The Kier molecular flexibility index (Phi) is 6.15. The van der Waals surface area contributed by atoms with Crippen molar-refractivity contribution >= 4 is 31.6 Å². The molecule has 0 aromatic heterocycles. The Hall–Kier alpha value is -2.27. The van der Waals surface area contributed by atoms with Gasteiger partial charge in [-0.2, -0.15) is 4.31 Å². The molecule has 2 aromatic rings. The molecule has 0 spiro atoms. The number of benzene rings is 2. The van der Waals surface area contributed by atoms with E-state index in [4.69, 9.17) is 0 Å². The fourth-order valence-electron chi connectivity index (χ4n) is 4.17. The fraction of sp³-hybridized carbons (Fsp3) is 0.409. The normalized spacial score (nSPS) is 18.0. The van der Waals surface area contributed by atoms with Crippen LogP contribution in [0.3, 0.4) is 0 Å². The van der Waals surface area contributed by atoms with Crippen LogP contribution in [0, 0.1) is 5.92 Å². The second-order valence-corrected chi connectivity index (χ2v) is 12.1. The molecule has 4 rings (SSSR count). The fourth-order valence-corrected chi connectivity index (χ4v) is 6.42. The van der Waals surface area contributed by atoms with Gasteiger partial charge in [0.2, 0.25) is 20.0 Å². The van der Waals surface area contributed by atoms with Crippen LogP contribution in [-0.2, 0) is 26.5 Å². The molecule has 10 heteroatoms. The highest BCUT2D eigenvalue weighted by molar-refractivity contribution is 7.89. The van der Waals surface area contributed by atoms with E-state index in [0.29, 0.717) is 43.2 Å². The van der Waals surface area contributed by atoms with E-state index in [1.165, 1.54) is 29.6 Å². The van der Waals surface area contributed by atoms with E-state index in [9.17, 15) is 21.6 Å². The van der Waals surface area contributed by atoms with Gasteiger partial charge in [0.05, 0.1) is 9.79 Å². The lowest BCUT2D eigenvalue weighted by molar-refractivity contribution is 0.0989. The van der Waals surface area contributed by atoms with Crippen LogP contribution in [0.2, 0.25) is 0 Å². The second kappa shape index (κ2) is 8.58. The van der Waals surface area contributed by atoms with Crippen molar-refractivity contribution in [1.82, 2.24) is 9.03 Å². The van der Waals surface area contributed by atoms with Crippen LogP contribution < -0.4 is 9.62 Å². The SMILES string of the molecule is CNS(=O)(=O)c1ccc2c(c1)CCN2C(=O)c1ccc(S(=O)(=O)N2CCC(C)CC2)cc1. The molecular formula is C22H27N3O5S2. The van der Waals surface area contributed by atoms with Gasteiger partial charge in [-0.3, -0.25) is 4.79 Å². The predicted octanol–water partition coefficient (Wildman–Crippen LogP) is 2.22. The quantitative estimate of drug-likeness (QED) is 0.711. The number of amides is 1. The van der Waals surface area contributed by atoms with Crippen molar-refractivity contribution in [3.05, 3.63) is 53.6 Å². The van der Waals surface area contributed by atoms with Crippen molar-refractivity contribution in [1.29, 1.82) is 0 Å². The van der Waals surface area contributed by atoms with Crippen molar-refractivity contribution < 1.29 is 21.6 Å². The average Bonchev–Trinajstić information content (AvgIpc) is 3.22. The van der Waals surface area contributed by atoms with Crippen molar-refractivity contribution in [3.8, 4) is 0 Å². The number of carbonyl (C=O) groups is 1. The van der Waals surface area contributed by atoms with Crippen molar-refractivity contribution in [2.45, 2.75) is 36.0 Å². The summed E-state index contributed by atoms with van der Waals surface area (Å²) in [6, 6.07) is 10.8. The molecule has 0 atom stereocenters. The minimum atomic E-state index is -3.57. The lowest BCUT2D eigenvalue weighted by Gasteiger charge is -2.29. The summed E-state index contributed by atoms with van der Waals surface area (Å²) >= 11 is 0. The molecule has 0 saturated carbocycles. The van der Waals surface area contributed by atoms with Crippen LogP contribution in [0.4, 0.5) is 5.69 Å². The lowest BCUT2D eigenvalue weighted by atomic mass is 10.0. The van der Waals surface area contributed by atoms with E-state index < -0.39 is 20.0 Å². The lowest BCUT2D eigenvalue weighted by Crippen LogP contribution is -2.37. The molecule has 1 fully saturated rings. The molecule has 2 aromatic carbocycles. The van der Waals surface area contributed by atoms with E-state index in [1.54, 1.807) is 29.2 Å². The third-order valence-corrected chi connectivity index (χ3v) is 9.58. The number of anilines is 1. The number of fused-ring (bicyclic) bond motifs is 1. The molecule has 0 bridgehead atoms. The Labute approximate surface area is 189 Å². The Morgan fingerprint density at radius 1 is 0.938 bits per heavy atom. The van der Waals surface area contributed by atoms with Gasteiger partial charge in [-0.25, -0.2) is 21.6 Å². The molecule has 8 nitrogen and oxygen atoms in total. The smallest absolute Gasteiger partial charge is 0.258 e. The molecule has 1 amide bonds. The molecule has 1 saturated heterocycles. The summed E-state index contributed by atoms with van der Waals surface area (Å²) in [5.74, 6) is 0.280. The average molecular weight is 478 g/mol. The Bertz CT molecular complexity index is 1230. The molecule has 0 radical (unpaired) electrons. The van der Waals surface area contributed by atoms with Gasteiger partial charge in [-0.15, -0.1) is 0 Å². The molecule has 32 heavy (non-hydrogen) atoms. The standard InChI is InChI=1S/C22H27N3O5S2/c1-16-9-12-24(13-10-16)32(29,30)19-5-3-17(4-6-19)22(26)25-14-11-18-15-20(7-8-21(18)25)31(27,28)23-2/h3-8,15-16,23H,9-14H2,1-2H3. The Balaban J connectivity index is 1.53. The highest BCUT2D eigenvalue weighted by Crippen LogP contribution is 2.32. The number of nitrogens with one attached hydrogen (secondary N) is 1. The molecule has 0 aliphatic carbocycles. The summed E-state index contributed by atoms with van der Waals surface area (Å²) in [4.78, 5) is 15.0. The van der Waals surface area contributed by atoms with Gasteiger partial charge in [-0.05, 0) is 80.3 Å². The third kappa shape index (κ3) is 4.19. The molecule has 2 aliphatic rings. The second-order valence-electron chi connectivity index (χ2n) is 8.32. The molecular weight excluding hydrogens is 450 g/mol. The van der Waals surface area contributed by atoms with Crippen molar-refractivity contribution in [2.75, 3.05) is 31.6 Å². The summed E-state index contributed by atoms with van der Waals surface area (Å²) in [5.41, 5.74) is 1.84. The molecule has 0 unspecified atom stereocenters. The van der Waals surface area contributed by atoms with Gasteiger partial charge in [0.25, 0.3) is 5.91 Å². The number of hydrogen-bond acceptors (Lipinski definition) is 5. The van der Waals surface area contributed by atoms with Gasteiger partial charge in [0.15, 0.2) is 0 Å². The van der Waals surface area contributed by atoms with Crippen LogP contribution in [-0.4, -0.2) is 53.7 Å². The maximum absolute atomic E-state index is 13.1. The maximum Gasteiger partial charge on any atom is 0.258 e. The first kappa shape index (κ1) is 22.9. The molecule has 2 aliphatic heterocycles. The zero-order valence-corrected chi connectivity index (χ0v) is 19.7. The van der Waals surface area contributed by atoms with E-state index in [-0.39, 0.29) is 15.7 Å². The van der Waals surface area contributed by atoms with E-state index in [2.05, 4.69) is 11.6 Å². The zero-order chi connectivity index (χ0) is 23.1. The predicted molar refractivity (Wildman–Crippen MR) is 122 cm³/mol. The highest BCUT2D eigenvalue weighted by Gasteiger charge is 2.30. The topological polar surface area (TPSA) is 104 Å². The Morgan fingerprint density at radius 3 is 2.19 bits per heavy atom. The number of nitrogens with zero attached hydrogens (tertiary/aromatic N) is 2. The Morgan fingerprint density at radius 2 is 1.56 bits per heavy atom. The molecule has 2 heterocycles. The minimum absolute atomic E-state index is 0.162. The number of carbonyl (C=O) groups excluding carboxylic acids is 1. The van der Waals surface area contributed by atoms with Crippen molar-refractivity contribution in [3.63, 3.8) is 0 Å². The third-order valence-electron chi connectivity index (χ3n) is 6.25. The maximum atomic E-state index is 13.1. The van der Waals surface area contributed by atoms with Crippen molar-refractivity contribution in [2.24, 2.45) is 5.92 Å². The number of rotatable bonds is 5. The molecule has 1 N–H and O–H groups in total.